The molecule has 0 unspecified atom stereocenters. The smallest absolute Gasteiger partial charge is 0.262 e. The first-order valence-electron chi connectivity index (χ1n) is 8.12. The summed E-state index contributed by atoms with van der Waals surface area (Å²) >= 11 is 0. The van der Waals surface area contributed by atoms with E-state index < -0.39 is 6.17 Å². The normalized spacial score (nSPS) is 15.7. The molecule has 0 saturated heterocycles. The number of nitrogens with one attached hydrogen (secondary N) is 1. The third-order valence-corrected chi connectivity index (χ3v) is 4.32. The molecule has 0 aliphatic carbocycles. The van der Waals surface area contributed by atoms with Crippen LogP contribution in [0.1, 0.15) is 22.2 Å². The van der Waals surface area contributed by atoms with Crippen LogP contribution >= 0.6 is 0 Å². The first-order chi connectivity index (χ1) is 12.7. The average molecular weight is 349 g/mol. The van der Waals surface area contributed by atoms with Crippen LogP contribution in [0, 0.1) is 5.82 Å². The maximum Gasteiger partial charge on any atom is 0.262 e. The van der Waals surface area contributed by atoms with Crippen LogP contribution in [-0.4, -0.2) is 18.0 Å². The van der Waals surface area contributed by atoms with Crippen LogP contribution < -0.4 is 15.0 Å². The lowest BCUT2D eigenvalue weighted by atomic mass is 10.2. The second kappa shape index (κ2) is 6.48. The van der Waals surface area contributed by atoms with Crippen LogP contribution in [0.5, 0.6) is 5.75 Å². The van der Waals surface area contributed by atoms with Crippen molar-refractivity contribution < 1.29 is 13.9 Å². The van der Waals surface area contributed by atoms with Crippen LogP contribution in [-0.2, 0) is 0 Å². The van der Waals surface area contributed by atoms with Gasteiger partial charge in [0, 0.05) is 11.9 Å². The largest absolute Gasteiger partial charge is 0.497 e. The van der Waals surface area contributed by atoms with Crippen molar-refractivity contribution in [1.82, 2.24) is 4.98 Å². The molecule has 1 atom stereocenters. The number of pyridine rings is 1. The van der Waals surface area contributed by atoms with Crippen LogP contribution in [0.2, 0.25) is 0 Å². The zero-order valence-electron chi connectivity index (χ0n) is 14.0. The summed E-state index contributed by atoms with van der Waals surface area (Å²) in [6.07, 6.45) is 1.02. The topological polar surface area (TPSA) is 54.5 Å². The van der Waals surface area contributed by atoms with Crippen molar-refractivity contribution in [3.8, 4) is 5.75 Å². The molecule has 0 fully saturated rings. The molecular formula is C20H16FN3O2. The van der Waals surface area contributed by atoms with Crippen molar-refractivity contribution in [3.05, 3.63) is 83.9 Å². The Morgan fingerprint density at radius 1 is 1.08 bits per heavy atom. The van der Waals surface area contributed by atoms with Gasteiger partial charge < -0.3 is 10.1 Å². The van der Waals surface area contributed by atoms with Crippen LogP contribution in [0.3, 0.4) is 0 Å². The van der Waals surface area contributed by atoms with Gasteiger partial charge in [0.1, 0.15) is 11.6 Å². The molecule has 2 heterocycles. The van der Waals surface area contributed by atoms with Gasteiger partial charge in [-0.3, -0.25) is 14.7 Å². The quantitative estimate of drug-likeness (QED) is 0.773. The molecule has 4 rings (SSSR count). The molecule has 26 heavy (non-hydrogen) atoms. The molecule has 1 N–H and O–H groups in total. The first-order valence-corrected chi connectivity index (χ1v) is 8.12. The minimum absolute atomic E-state index is 0.188. The predicted molar refractivity (Wildman–Crippen MR) is 96.8 cm³/mol. The summed E-state index contributed by atoms with van der Waals surface area (Å²) in [4.78, 5) is 18.9. The third-order valence-electron chi connectivity index (χ3n) is 4.32. The SMILES string of the molecule is COc1ccc(N2C(=O)c3cccnc3[C@H]2Nc2ccccc2F)cc1. The minimum atomic E-state index is -0.607. The summed E-state index contributed by atoms with van der Waals surface area (Å²) in [7, 11) is 1.58. The summed E-state index contributed by atoms with van der Waals surface area (Å²) in [5.41, 5.74) is 2.04. The summed E-state index contributed by atoms with van der Waals surface area (Å²) in [5, 5.41) is 3.11. The van der Waals surface area contributed by atoms with Crippen molar-refractivity contribution in [1.29, 1.82) is 0 Å². The second-order valence-electron chi connectivity index (χ2n) is 5.84. The number of carbonyl (C=O) groups is 1. The highest BCUT2D eigenvalue weighted by Gasteiger charge is 2.39. The molecule has 0 radical (unpaired) electrons. The third kappa shape index (κ3) is 2.65. The number of rotatable bonds is 4. The first kappa shape index (κ1) is 16.1. The highest BCUT2D eigenvalue weighted by Crippen LogP contribution is 2.37. The van der Waals surface area contributed by atoms with Crippen molar-refractivity contribution in [2.75, 3.05) is 17.3 Å². The van der Waals surface area contributed by atoms with Gasteiger partial charge in [0.25, 0.3) is 5.91 Å². The van der Waals surface area contributed by atoms with Crippen molar-refractivity contribution in [2.45, 2.75) is 6.17 Å². The van der Waals surface area contributed by atoms with Gasteiger partial charge in [0.05, 0.1) is 24.1 Å². The summed E-state index contributed by atoms with van der Waals surface area (Å²) in [5.74, 6) is 0.112. The van der Waals surface area contributed by atoms with E-state index in [0.29, 0.717) is 28.4 Å². The molecule has 130 valence electrons. The number of benzene rings is 2. The Morgan fingerprint density at radius 3 is 2.58 bits per heavy atom. The van der Waals surface area contributed by atoms with Gasteiger partial charge in [-0.15, -0.1) is 0 Å². The standard InChI is InChI=1S/C20H16FN3O2/c1-26-14-10-8-13(9-11-14)24-19(23-17-7-3-2-6-16(17)21)18-15(20(24)25)5-4-12-22-18/h2-12,19,23H,1H3/t19-/m0/s1. The number of methoxy groups -OCH3 is 1. The molecule has 5 nitrogen and oxygen atoms in total. The van der Waals surface area contributed by atoms with Gasteiger partial charge in [-0.05, 0) is 48.5 Å². The lowest BCUT2D eigenvalue weighted by Gasteiger charge is -2.26. The van der Waals surface area contributed by atoms with Crippen molar-refractivity contribution in [2.24, 2.45) is 0 Å². The molecule has 1 aliphatic heterocycles. The van der Waals surface area contributed by atoms with E-state index in [1.807, 2.05) is 0 Å². The Labute approximate surface area is 150 Å². The number of nitrogens with zero attached hydrogens (tertiary/aromatic N) is 2. The number of hydrogen-bond acceptors (Lipinski definition) is 4. The number of hydrogen-bond donors (Lipinski definition) is 1. The monoisotopic (exact) mass is 349 g/mol. The fraction of sp³-hybridized carbons (Fsp3) is 0.100. The van der Waals surface area contributed by atoms with E-state index in [1.54, 1.807) is 72.8 Å². The number of anilines is 2. The zero-order chi connectivity index (χ0) is 18.1. The predicted octanol–water partition coefficient (Wildman–Crippen LogP) is 4.00. The van der Waals surface area contributed by atoms with Crippen LogP contribution in [0.4, 0.5) is 15.8 Å². The average Bonchev–Trinajstić information content (AvgIpc) is 2.96. The van der Waals surface area contributed by atoms with E-state index in [4.69, 9.17) is 4.74 Å². The molecule has 0 saturated carbocycles. The van der Waals surface area contributed by atoms with Gasteiger partial charge in [-0.2, -0.15) is 0 Å². The Bertz CT molecular complexity index is 959. The molecule has 2 aromatic carbocycles. The second-order valence-corrected chi connectivity index (χ2v) is 5.84. The summed E-state index contributed by atoms with van der Waals surface area (Å²) < 4.78 is 19.3. The van der Waals surface area contributed by atoms with Crippen molar-refractivity contribution >= 4 is 17.3 Å². The molecule has 0 spiro atoms. The number of fused-ring (bicyclic) bond motifs is 1. The van der Waals surface area contributed by atoms with Gasteiger partial charge in [0.15, 0.2) is 6.17 Å². The highest BCUT2D eigenvalue weighted by atomic mass is 19.1. The molecular weight excluding hydrogens is 333 g/mol. The molecule has 1 amide bonds. The Hall–Kier alpha value is -3.41. The van der Waals surface area contributed by atoms with Gasteiger partial charge in [0.2, 0.25) is 0 Å². The number of carbonyl (C=O) groups excluding carboxylic acids is 1. The van der Waals surface area contributed by atoms with E-state index >= 15 is 0 Å². The maximum atomic E-state index is 14.1. The van der Waals surface area contributed by atoms with Gasteiger partial charge >= 0.3 is 0 Å². The van der Waals surface area contributed by atoms with Gasteiger partial charge in [-0.1, -0.05) is 12.1 Å². The van der Waals surface area contributed by atoms with E-state index in [0.717, 1.165) is 0 Å². The molecule has 6 heteroatoms. The molecule has 1 aromatic heterocycles. The number of halogens is 1. The number of para-hydroxylation sites is 1. The molecule has 0 bridgehead atoms. The lowest BCUT2D eigenvalue weighted by Crippen LogP contribution is -2.32. The Morgan fingerprint density at radius 2 is 1.85 bits per heavy atom. The lowest BCUT2D eigenvalue weighted by molar-refractivity contribution is 0.0993. The van der Waals surface area contributed by atoms with Crippen LogP contribution in [0.25, 0.3) is 0 Å². The molecule has 1 aliphatic rings. The number of ether oxygens (including phenoxy) is 1. The van der Waals surface area contributed by atoms with E-state index in [1.165, 1.54) is 6.07 Å². The van der Waals surface area contributed by atoms with Crippen molar-refractivity contribution in [3.63, 3.8) is 0 Å². The zero-order valence-corrected chi connectivity index (χ0v) is 14.0. The summed E-state index contributed by atoms with van der Waals surface area (Å²) in [6, 6.07) is 16.9. The van der Waals surface area contributed by atoms with E-state index in [2.05, 4.69) is 10.3 Å². The van der Waals surface area contributed by atoms with E-state index in [-0.39, 0.29) is 11.7 Å². The number of amides is 1. The maximum absolute atomic E-state index is 14.1. The molecule has 3 aromatic rings. The Kier molecular flexibility index (Phi) is 4.01. The van der Waals surface area contributed by atoms with Gasteiger partial charge in [-0.25, -0.2) is 4.39 Å². The fourth-order valence-electron chi connectivity index (χ4n) is 3.05. The summed E-state index contributed by atoms with van der Waals surface area (Å²) in [6.45, 7) is 0. The Balaban J connectivity index is 1.78. The number of aromatic nitrogens is 1. The van der Waals surface area contributed by atoms with Crippen LogP contribution in [0.15, 0.2) is 66.9 Å². The minimum Gasteiger partial charge on any atom is -0.497 e. The van der Waals surface area contributed by atoms with E-state index in [9.17, 15) is 9.18 Å². The highest BCUT2D eigenvalue weighted by molar-refractivity contribution is 6.11. The fourth-order valence-corrected chi connectivity index (χ4v) is 3.05.